The number of carbonyl (C=O) groups excluding carboxylic acids is 1. The quantitative estimate of drug-likeness (QED) is 0.584. The van der Waals surface area contributed by atoms with Crippen molar-refractivity contribution in [2.24, 2.45) is 4.99 Å². The van der Waals surface area contributed by atoms with Gasteiger partial charge in [-0.05, 0) is 60.7 Å². The first-order valence-corrected chi connectivity index (χ1v) is 10.5. The minimum Gasteiger partial charge on any atom is -0.344 e. The summed E-state index contributed by atoms with van der Waals surface area (Å²) in [4.78, 5) is 21.9. The maximum absolute atomic E-state index is 13.0. The van der Waals surface area contributed by atoms with Gasteiger partial charge < -0.3 is 5.32 Å². The van der Waals surface area contributed by atoms with Gasteiger partial charge in [-0.1, -0.05) is 55.3 Å². The van der Waals surface area contributed by atoms with E-state index in [2.05, 4.69) is 65.5 Å². The van der Waals surface area contributed by atoms with Crippen LogP contribution >= 0.6 is 0 Å². The number of rotatable bonds is 6. The Balaban J connectivity index is 1.58. The zero-order valence-electron chi connectivity index (χ0n) is 17.8. The lowest BCUT2D eigenvalue weighted by Gasteiger charge is -2.19. The molecule has 1 aromatic heterocycles. The standard InChI is InChI=1S/C26H27N3O/c1-4-6-24(21-8-5-7-17(2)13-21)29-26(30)25-15-20(11-12-27-25)19-9-10-22-16-28-18(3)23(22)14-19/h5,7-15,24H,4,6,16H2,1-3H3,(H,29,30)/t24-/m0/s1. The topological polar surface area (TPSA) is 54.4 Å². The molecule has 0 aliphatic carbocycles. The van der Waals surface area contributed by atoms with Crippen LogP contribution in [0.25, 0.3) is 11.1 Å². The largest absolute Gasteiger partial charge is 0.344 e. The molecule has 1 atom stereocenters. The Morgan fingerprint density at radius 2 is 1.90 bits per heavy atom. The monoisotopic (exact) mass is 397 g/mol. The molecule has 4 heteroatoms. The number of nitrogens with zero attached hydrogens (tertiary/aromatic N) is 2. The SMILES string of the molecule is CCC[C@H](NC(=O)c1cc(-c2ccc3c(c2)C(C)=NC3)ccn1)c1cccc(C)c1. The number of carbonyl (C=O) groups is 1. The molecular weight excluding hydrogens is 370 g/mol. The van der Waals surface area contributed by atoms with Gasteiger partial charge in [-0.25, -0.2) is 0 Å². The van der Waals surface area contributed by atoms with E-state index in [1.54, 1.807) is 6.20 Å². The molecule has 0 saturated heterocycles. The molecule has 0 saturated carbocycles. The van der Waals surface area contributed by atoms with Crippen LogP contribution in [0.2, 0.25) is 0 Å². The first kappa shape index (κ1) is 20.0. The number of aliphatic imine (C=N–C) groups is 1. The van der Waals surface area contributed by atoms with Crippen LogP contribution in [0.5, 0.6) is 0 Å². The van der Waals surface area contributed by atoms with Crippen LogP contribution in [0.1, 0.15) is 65.5 Å². The van der Waals surface area contributed by atoms with Gasteiger partial charge in [0.15, 0.2) is 0 Å². The molecule has 1 aliphatic rings. The van der Waals surface area contributed by atoms with Gasteiger partial charge in [0.2, 0.25) is 0 Å². The summed E-state index contributed by atoms with van der Waals surface area (Å²) in [5.41, 5.74) is 8.34. The number of fused-ring (bicyclic) bond motifs is 1. The summed E-state index contributed by atoms with van der Waals surface area (Å²) in [6.07, 6.45) is 3.58. The molecule has 30 heavy (non-hydrogen) atoms. The van der Waals surface area contributed by atoms with Crippen molar-refractivity contribution in [3.8, 4) is 11.1 Å². The van der Waals surface area contributed by atoms with Gasteiger partial charge in [0.25, 0.3) is 5.91 Å². The van der Waals surface area contributed by atoms with Crippen LogP contribution in [0, 0.1) is 6.92 Å². The predicted molar refractivity (Wildman–Crippen MR) is 122 cm³/mol. The van der Waals surface area contributed by atoms with Crippen molar-refractivity contribution in [1.29, 1.82) is 0 Å². The Morgan fingerprint density at radius 3 is 2.70 bits per heavy atom. The zero-order chi connectivity index (χ0) is 21.1. The molecule has 0 spiro atoms. The molecule has 0 radical (unpaired) electrons. The minimum absolute atomic E-state index is 0.0216. The second kappa shape index (κ2) is 8.62. The minimum atomic E-state index is -0.143. The van der Waals surface area contributed by atoms with Crippen LogP contribution in [0.3, 0.4) is 0 Å². The number of benzene rings is 2. The van der Waals surface area contributed by atoms with Gasteiger partial charge in [0, 0.05) is 17.5 Å². The van der Waals surface area contributed by atoms with E-state index in [1.807, 2.05) is 25.1 Å². The summed E-state index contributed by atoms with van der Waals surface area (Å²) >= 11 is 0. The van der Waals surface area contributed by atoms with Gasteiger partial charge in [0.1, 0.15) is 5.69 Å². The molecule has 1 aliphatic heterocycles. The Hall–Kier alpha value is -3.27. The van der Waals surface area contributed by atoms with Crippen LogP contribution in [-0.2, 0) is 6.54 Å². The first-order chi connectivity index (χ1) is 14.5. The number of aromatic nitrogens is 1. The van der Waals surface area contributed by atoms with E-state index in [0.717, 1.165) is 41.8 Å². The highest BCUT2D eigenvalue weighted by Gasteiger charge is 2.18. The van der Waals surface area contributed by atoms with E-state index in [-0.39, 0.29) is 11.9 Å². The predicted octanol–water partition coefficient (Wildman–Crippen LogP) is 5.65. The van der Waals surface area contributed by atoms with Crippen molar-refractivity contribution in [2.75, 3.05) is 0 Å². The van der Waals surface area contributed by atoms with Gasteiger partial charge in [-0.3, -0.25) is 14.8 Å². The number of hydrogen-bond acceptors (Lipinski definition) is 3. The van der Waals surface area contributed by atoms with Gasteiger partial charge in [0.05, 0.1) is 12.6 Å². The maximum Gasteiger partial charge on any atom is 0.270 e. The highest BCUT2D eigenvalue weighted by Crippen LogP contribution is 2.27. The Kier molecular flexibility index (Phi) is 5.75. The number of aryl methyl sites for hydroxylation is 1. The van der Waals surface area contributed by atoms with E-state index in [1.165, 1.54) is 16.7 Å². The third-order valence-corrected chi connectivity index (χ3v) is 5.64. The lowest BCUT2D eigenvalue weighted by atomic mass is 9.98. The van der Waals surface area contributed by atoms with Crippen LogP contribution in [0.15, 0.2) is 65.8 Å². The molecule has 0 unspecified atom stereocenters. The average Bonchev–Trinajstić information content (AvgIpc) is 3.13. The fourth-order valence-electron chi connectivity index (χ4n) is 3.98. The molecule has 4 rings (SSSR count). The van der Waals surface area contributed by atoms with E-state index < -0.39 is 0 Å². The van der Waals surface area contributed by atoms with E-state index >= 15 is 0 Å². The van der Waals surface area contributed by atoms with Gasteiger partial charge in [-0.15, -0.1) is 0 Å². The molecule has 152 valence electrons. The normalized spacial score (nSPS) is 13.5. The zero-order valence-corrected chi connectivity index (χ0v) is 17.8. The van der Waals surface area contributed by atoms with Crippen molar-refractivity contribution in [3.05, 3.63) is 88.7 Å². The summed E-state index contributed by atoms with van der Waals surface area (Å²) < 4.78 is 0. The lowest BCUT2D eigenvalue weighted by molar-refractivity contribution is 0.0929. The highest BCUT2D eigenvalue weighted by molar-refractivity contribution is 6.03. The fourth-order valence-corrected chi connectivity index (χ4v) is 3.98. The molecule has 0 bridgehead atoms. The Labute approximate surface area is 178 Å². The van der Waals surface area contributed by atoms with Gasteiger partial charge in [-0.2, -0.15) is 0 Å². The fraction of sp³-hybridized carbons (Fsp3) is 0.269. The first-order valence-electron chi connectivity index (χ1n) is 10.5. The van der Waals surface area contributed by atoms with Crippen molar-refractivity contribution in [1.82, 2.24) is 10.3 Å². The average molecular weight is 398 g/mol. The highest BCUT2D eigenvalue weighted by atomic mass is 16.1. The van der Waals surface area contributed by atoms with Crippen molar-refractivity contribution in [2.45, 2.75) is 46.2 Å². The summed E-state index contributed by atoms with van der Waals surface area (Å²) in [7, 11) is 0. The van der Waals surface area contributed by atoms with Gasteiger partial charge >= 0.3 is 0 Å². The van der Waals surface area contributed by atoms with Crippen molar-refractivity contribution >= 4 is 11.6 Å². The Bertz CT molecular complexity index is 1120. The third-order valence-electron chi connectivity index (χ3n) is 5.64. The molecule has 1 amide bonds. The van der Waals surface area contributed by atoms with E-state index in [9.17, 15) is 4.79 Å². The van der Waals surface area contributed by atoms with Crippen LogP contribution in [-0.4, -0.2) is 16.6 Å². The van der Waals surface area contributed by atoms with Crippen molar-refractivity contribution < 1.29 is 4.79 Å². The second-order valence-electron chi connectivity index (χ2n) is 7.93. The number of hydrogen-bond donors (Lipinski definition) is 1. The number of nitrogens with one attached hydrogen (secondary N) is 1. The van der Waals surface area contributed by atoms with Crippen LogP contribution in [0.4, 0.5) is 0 Å². The van der Waals surface area contributed by atoms with Crippen molar-refractivity contribution in [3.63, 3.8) is 0 Å². The Morgan fingerprint density at radius 1 is 1.07 bits per heavy atom. The number of pyridine rings is 1. The summed E-state index contributed by atoms with van der Waals surface area (Å²) in [5.74, 6) is -0.143. The number of amides is 1. The van der Waals surface area contributed by atoms with Crippen LogP contribution < -0.4 is 5.32 Å². The molecular formula is C26H27N3O. The molecule has 3 aromatic rings. The maximum atomic E-state index is 13.0. The smallest absolute Gasteiger partial charge is 0.270 e. The van der Waals surface area contributed by atoms with E-state index in [0.29, 0.717) is 5.69 Å². The molecule has 1 N–H and O–H groups in total. The molecule has 0 fully saturated rings. The second-order valence-corrected chi connectivity index (χ2v) is 7.93. The summed E-state index contributed by atoms with van der Waals surface area (Å²) in [6.45, 7) is 7.00. The van der Waals surface area contributed by atoms with E-state index in [4.69, 9.17) is 0 Å². The molecule has 4 nitrogen and oxygen atoms in total. The lowest BCUT2D eigenvalue weighted by Crippen LogP contribution is -2.29. The summed E-state index contributed by atoms with van der Waals surface area (Å²) in [6, 6.07) is 18.5. The molecule has 2 heterocycles. The third kappa shape index (κ3) is 4.18. The molecule has 2 aromatic carbocycles. The summed E-state index contributed by atoms with van der Waals surface area (Å²) in [5, 5.41) is 3.18.